The van der Waals surface area contributed by atoms with Crippen molar-refractivity contribution in [1.29, 1.82) is 0 Å². The summed E-state index contributed by atoms with van der Waals surface area (Å²) in [7, 11) is 0. The standard InChI is InChI=1S/C19H22ClN5O4/c1-10(7-11-5-3-2-4-6-11)22-16-13-17(24-19(20)23-16)25(9-21-13)18-15(28)14(27)12(8-26)29-18/h2-6,9-10,12,14-15,18,26-28H,7-8H2,1H3,(H,22,23,24)/t10?,12-,14?,15?,18-/m1/s1. The van der Waals surface area contributed by atoms with Gasteiger partial charge in [-0.3, -0.25) is 4.57 Å². The molecule has 9 nitrogen and oxygen atoms in total. The molecule has 3 unspecified atom stereocenters. The molecule has 2 aromatic heterocycles. The zero-order chi connectivity index (χ0) is 20.5. The molecular formula is C19H22ClN5O4. The molecule has 0 spiro atoms. The zero-order valence-corrected chi connectivity index (χ0v) is 16.4. The number of aliphatic hydroxyl groups excluding tert-OH is 3. The minimum atomic E-state index is -1.24. The summed E-state index contributed by atoms with van der Waals surface area (Å²) in [5.74, 6) is 0.467. The van der Waals surface area contributed by atoms with Gasteiger partial charge in [0.15, 0.2) is 23.2 Å². The highest BCUT2D eigenvalue weighted by Gasteiger charge is 2.44. The Morgan fingerprint density at radius 2 is 1.97 bits per heavy atom. The summed E-state index contributed by atoms with van der Waals surface area (Å²) in [5.41, 5.74) is 2.00. The van der Waals surface area contributed by atoms with E-state index >= 15 is 0 Å². The third-order valence-corrected chi connectivity index (χ3v) is 5.12. The van der Waals surface area contributed by atoms with Crippen LogP contribution in [0.25, 0.3) is 11.2 Å². The number of ether oxygens (including phenoxy) is 1. The van der Waals surface area contributed by atoms with Crippen LogP contribution in [-0.4, -0.2) is 65.8 Å². The molecule has 1 aliphatic rings. The molecule has 0 saturated carbocycles. The lowest BCUT2D eigenvalue weighted by atomic mass is 10.1. The Balaban J connectivity index is 1.62. The molecule has 3 aromatic rings. The van der Waals surface area contributed by atoms with Gasteiger partial charge in [-0.15, -0.1) is 0 Å². The van der Waals surface area contributed by atoms with Crippen molar-refractivity contribution >= 4 is 28.6 Å². The van der Waals surface area contributed by atoms with Crippen molar-refractivity contribution in [1.82, 2.24) is 19.5 Å². The van der Waals surface area contributed by atoms with E-state index in [1.807, 2.05) is 25.1 Å². The molecule has 29 heavy (non-hydrogen) atoms. The zero-order valence-electron chi connectivity index (χ0n) is 15.7. The summed E-state index contributed by atoms with van der Waals surface area (Å²) < 4.78 is 7.06. The van der Waals surface area contributed by atoms with E-state index in [0.717, 1.165) is 6.42 Å². The van der Waals surface area contributed by atoms with Gasteiger partial charge in [0.25, 0.3) is 0 Å². The van der Waals surface area contributed by atoms with E-state index in [2.05, 4.69) is 32.4 Å². The Labute approximate surface area is 172 Å². The molecule has 1 aromatic carbocycles. The van der Waals surface area contributed by atoms with Crippen LogP contribution in [0.2, 0.25) is 5.28 Å². The maximum absolute atomic E-state index is 10.3. The van der Waals surface area contributed by atoms with Crippen LogP contribution in [0, 0.1) is 0 Å². The Morgan fingerprint density at radius 3 is 2.66 bits per heavy atom. The lowest BCUT2D eigenvalue weighted by Crippen LogP contribution is -2.33. The van der Waals surface area contributed by atoms with E-state index in [9.17, 15) is 15.3 Å². The van der Waals surface area contributed by atoms with Crippen LogP contribution < -0.4 is 5.32 Å². The predicted molar refractivity (Wildman–Crippen MR) is 107 cm³/mol. The lowest BCUT2D eigenvalue weighted by molar-refractivity contribution is -0.0511. The third-order valence-electron chi connectivity index (χ3n) is 4.95. The van der Waals surface area contributed by atoms with E-state index in [1.165, 1.54) is 16.5 Å². The van der Waals surface area contributed by atoms with Gasteiger partial charge in [0, 0.05) is 6.04 Å². The molecule has 1 fully saturated rings. The van der Waals surface area contributed by atoms with Gasteiger partial charge in [0.05, 0.1) is 12.9 Å². The largest absolute Gasteiger partial charge is 0.394 e. The van der Waals surface area contributed by atoms with Crippen LogP contribution in [0.4, 0.5) is 5.82 Å². The number of hydrogen-bond donors (Lipinski definition) is 4. The Bertz CT molecular complexity index is 985. The summed E-state index contributed by atoms with van der Waals surface area (Å²) in [5, 5.41) is 33.0. The van der Waals surface area contributed by atoms with Gasteiger partial charge in [-0.1, -0.05) is 30.3 Å². The summed E-state index contributed by atoms with van der Waals surface area (Å²) in [6, 6.07) is 10.1. The van der Waals surface area contributed by atoms with Crippen molar-refractivity contribution in [3.63, 3.8) is 0 Å². The van der Waals surface area contributed by atoms with Crippen LogP contribution in [0.3, 0.4) is 0 Å². The second-order valence-electron chi connectivity index (χ2n) is 7.13. The number of fused-ring (bicyclic) bond motifs is 1. The molecule has 4 N–H and O–H groups in total. The van der Waals surface area contributed by atoms with Crippen molar-refractivity contribution < 1.29 is 20.1 Å². The molecule has 0 bridgehead atoms. The first-order valence-electron chi connectivity index (χ1n) is 9.31. The van der Waals surface area contributed by atoms with Crippen molar-refractivity contribution in [3.8, 4) is 0 Å². The highest BCUT2D eigenvalue weighted by atomic mass is 35.5. The van der Waals surface area contributed by atoms with Crippen molar-refractivity contribution in [2.75, 3.05) is 11.9 Å². The van der Waals surface area contributed by atoms with E-state index in [4.69, 9.17) is 16.3 Å². The molecule has 0 radical (unpaired) electrons. The number of rotatable bonds is 6. The monoisotopic (exact) mass is 419 g/mol. The van der Waals surface area contributed by atoms with Crippen molar-refractivity contribution in [2.24, 2.45) is 0 Å². The molecule has 0 amide bonds. The number of aromatic nitrogens is 4. The van der Waals surface area contributed by atoms with Gasteiger partial charge < -0.3 is 25.4 Å². The van der Waals surface area contributed by atoms with E-state index in [1.54, 1.807) is 0 Å². The highest BCUT2D eigenvalue weighted by Crippen LogP contribution is 2.32. The normalized spacial score (nSPS) is 25.4. The first kappa shape index (κ1) is 20.0. The molecule has 10 heteroatoms. The van der Waals surface area contributed by atoms with Crippen LogP contribution in [-0.2, 0) is 11.2 Å². The first-order valence-corrected chi connectivity index (χ1v) is 9.68. The van der Waals surface area contributed by atoms with Gasteiger partial charge in [0.1, 0.15) is 18.3 Å². The number of imidazole rings is 1. The molecule has 1 saturated heterocycles. The maximum atomic E-state index is 10.3. The fourth-order valence-corrected chi connectivity index (χ4v) is 3.70. The number of aliphatic hydroxyl groups is 3. The highest BCUT2D eigenvalue weighted by molar-refractivity contribution is 6.28. The Kier molecular flexibility index (Phi) is 5.66. The van der Waals surface area contributed by atoms with E-state index < -0.39 is 31.1 Å². The molecule has 154 valence electrons. The Morgan fingerprint density at radius 1 is 1.21 bits per heavy atom. The van der Waals surface area contributed by atoms with Crippen LogP contribution in [0.15, 0.2) is 36.7 Å². The quantitative estimate of drug-likeness (QED) is 0.438. The molecule has 4 rings (SSSR count). The van der Waals surface area contributed by atoms with Gasteiger partial charge in [-0.05, 0) is 30.5 Å². The average Bonchev–Trinajstić information content (AvgIpc) is 3.24. The second-order valence-corrected chi connectivity index (χ2v) is 7.47. The lowest BCUT2D eigenvalue weighted by Gasteiger charge is -2.17. The van der Waals surface area contributed by atoms with Crippen molar-refractivity contribution in [3.05, 3.63) is 47.5 Å². The van der Waals surface area contributed by atoms with Gasteiger partial charge in [-0.25, -0.2) is 4.98 Å². The van der Waals surface area contributed by atoms with Crippen LogP contribution in [0.5, 0.6) is 0 Å². The van der Waals surface area contributed by atoms with Crippen LogP contribution >= 0.6 is 11.6 Å². The van der Waals surface area contributed by atoms with E-state index in [0.29, 0.717) is 17.0 Å². The maximum Gasteiger partial charge on any atom is 0.226 e. The van der Waals surface area contributed by atoms with Gasteiger partial charge >= 0.3 is 0 Å². The summed E-state index contributed by atoms with van der Waals surface area (Å²) in [6.07, 6.45) is -2.08. The fourth-order valence-electron chi connectivity index (χ4n) is 3.54. The molecule has 5 atom stereocenters. The van der Waals surface area contributed by atoms with Gasteiger partial charge in [0.2, 0.25) is 5.28 Å². The topological polar surface area (TPSA) is 126 Å². The number of benzene rings is 1. The number of hydrogen-bond acceptors (Lipinski definition) is 8. The number of anilines is 1. The average molecular weight is 420 g/mol. The van der Waals surface area contributed by atoms with Crippen LogP contribution in [0.1, 0.15) is 18.7 Å². The smallest absolute Gasteiger partial charge is 0.226 e. The first-order chi connectivity index (χ1) is 14.0. The number of halogens is 1. The minimum Gasteiger partial charge on any atom is -0.394 e. The number of nitrogens with zero attached hydrogens (tertiary/aromatic N) is 4. The second kappa shape index (κ2) is 8.21. The summed E-state index contributed by atoms with van der Waals surface area (Å²) >= 11 is 6.13. The van der Waals surface area contributed by atoms with Crippen molar-refractivity contribution in [2.45, 2.75) is 43.9 Å². The van der Waals surface area contributed by atoms with Gasteiger partial charge in [-0.2, -0.15) is 9.97 Å². The molecule has 3 heterocycles. The SMILES string of the molecule is CC(Cc1ccccc1)Nc1nc(Cl)nc2c1ncn2[C@@H]1O[C@H](CO)C(O)C1O. The Hall–Kier alpha value is -2.30. The summed E-state index contributed by atoms with van der Waals surface area (Å²) in [6.45, 7) is 1.61. The molecule has 0 aliphatic carbocycles. The molecular weight excluding hydrogens is 398 g/mol. The predicted octanol–water partition coefficient (Wildman–Crippen LogP) is 1.13. The minimum absolute atomic E-state index is 0.0143. The van der Waals surface area contributed by atoms with E-state index in [-0.39, 0.29) is 11.3 Å². The third kappa shape index (κ3) is 3.92. The number of nitrogens with one attached hydrogen (secondary N) is 1. The fraction of sp³-hybridized carbons (Fsp3) is 0.421. The summed E-state index contributed by atoms with van der Waals surface area (Å²) in [4.78, 5) is 12.8. The molecule has 1 aliphatic heterocycles.